The molecular weight excluding hydrogens is 248 g/mol. The number of rotatable bonds is 2. The first-order chi connectivity index (χ1) is 9.11. The maximum Gasteiger partial charge on any atom is 0.322 e. The number of carbonyl (C=O) groups excluding carboxylic acids is 2. The second kappa shape index (κ2) is 4.20. The lowest BCUT2D eigenvalue weighted by Crippen LogP contribution is -2.12. The van der Waals surface area contributed by atoms with Gasteiger partial charge < -0.3 is 9.73 Å². The van der Waals surface area contributed by atoms with Crippen LogP contribution in [0.3, 0.4) is 0 Å². The SMILES string of the molecule is Cc1nnc(NC(=O)c2ccc3c(c2)CC(=O)N3)o1. The van der Waals surface area contributed by atoms with Gasteiger partial charge in [-0.25, -0.2) is 0 Å². The van der Waals surface area contributed by atoms with Gasteiger partial charge in [0.15, 0.2) is 0 Å². The van der Waals surface area contributed by atoms with E-state index in [4.69, 9.17) is 4.42 Å². The molecule has 96 valence electrons. The Labute approximate surface area is 108 Å². The molecule has 1 aromatic carbocycles. The van der Waals surface area contributed by atoms with E-state index in [1.165, 1.54) is 0 Å². The summed E-state index contributed by atoms with van der Waals surface area (Å²) in [6.07, 6.45) is 0.288. The third-order valence-corrected chi connectivity index (χ3v) is 2.74. The summed E-state index contributed by atoms with van der Waals surface area (Å²) >= 11 is 0. The molecule has 0 unspecified atom stereocenters. The van der Waals surface area contributed by atoms with Crippen molar-refractivity contribution in [1.29, 1.82) is 0 Å². The summed E-state index contributed by atoms with van der Waals surface area (Å²) in [4.78, 5) is 23.2. The zero-order valence-corrected chi connectivity index (χ0v) is 10.1. The van der Waals surface area contributed by atoms with Crippen LogP contribution in [-0.2, 0) is 11.2 Å². The van der Waals surface area contributed by atoms with Crippen LogP contribution in [0.5, 0.6) is 0 Å². The number of nitrogens with zero attached hydrogens (tertiary/aromatic N) is 2. The fourth-order valence-electron chi connectivity index (χ4n) is 1.89. The first-order valence-corrected chi connectivity index (χ1v) is 5.66. The van der Waals surface area contributed by atoms with E-state index in [9.17, 15) is 9.59 Å². The molecule has 7 nitrogen and oxygen atoms in total. The third-order valence-electron chi connectivity index (χ3n) is 2.74. The molecule has 0 saturated heterocycles. The van der Waals surface area contributed by atoms with Gasteiger partial charge in [0.2, 0.25) is 11.8 Å². The van der Waals surface area contributed by atoms with Gasteiger partial charge in [0, 0.05) is 18.2 Å². The molecular formula is C12H10N4O3. The lowest BCUT2D eigenvalue weighted by Gasteiger charge is -2.03. The highest BCUT2D eigenvalue weighted by Gasteiger charge is 2.19. The van der Waals surface area contributed by atoms with Gasteiger partial charge in [-0.2, -0.15) is 0 Å². The molecule has 0 fully saturated rings. The van der Waals surface area contributed by atoms with E-state index in [2.05, 4.69) is 20.8 Å². The molecule has 2 heterocycles. The van der Waals surface area contributed by atoms with E-state index in [0.29, 0.717) is 11.5 Å². The van der Waals surface area contributed by atoms with Gasteiger partial charge in [-0.05, 0) is 23.8 Å². The van der Waals surface area contributed by atoms with Gasteiger partial charge in [0.25, 0.3) is 5.91 Å². The molecule has 2 N–H and O–H groups in total. The van der Waals surface area contributed by atoms with Crippen molar-refractivity contribution in [3.8, 4) is 0 Å². The van der Waals surface area contributed by atoms with E-state index < -0.39 is 0 Å². The molecule has 0 spiro atoms. The van der Waals surface area contributed by atoms with E-state index in [1.54, 1.807) is 25.1 Å². The molecule has 0 bridgehead atoms. The molecule has 0 radical (unpaired) electrons. The van der Waals surface area contributed by atoms with Crippen LogP contribution in [0.2, 0.25) is 0 Å². The Morgan fingerprint density at radius 3 is 3.00 bits per heavy atom. The smallest absolute Gasteiger partial charge is 0.322 e. The summed E-state index contributed by atoms with van der Waals surface area (Å²) in [6.45, 7) is 1.63. The summed E-state index contributed by atoms with van der Waals surface area (Å²) in [5.74, 6) is -0.0510. The summed E-state index contributed by atoms with van der Waals surface area (Å²) in [6, 6.07) is 5.06. The number of amides is 2. The van der Waals surface area contributed by atoms with Gasteiger partial charge in [0.1, 0.15) is 0 Å². The number of carbonyl (C=O) groups is 2. The summed E-state index contributed by atoms with van der Waals surface area (Å²) in [5, 5.41) is 12.5. The quantitative estimate of drug-likeness (QED) is 0.841. The monoisotopic (exact) mass is 258 g/mol. The zero-order valence-electron chi connectivity index (χ0n) is 10.1. The average molecular weight is 258 g/mol. The van der Waals surface area contributed by atoms with Crippen LogP contribution in [0.15, 0.2) is 22.6 Å². The van der Waals surface area contributed by atoms with Crippen LogP contribution >= 0.6 is 0 Å². The molecule has 2 amide bonds. The average Bonchev–Trinajstić information content (AvgIpc) is 2.93. The predicted octanol–water partition coefficient (Wildman–Crippen LogP) is 1.12. The molecule has 1 aromatic heterocycles. The number of benzene rings is 1. The Hall–Kier alpha value is -2.70. The largest absolute Gasteiger partial charge is 0.408 e. The van der Waals surface area contributed by atoms with Crippen molar-refractivity contribution in [2.24, 2.45) is 0 Å². The Kier molecular flexibility index (Phi) is 2.52. The van der Waals surface area contributed by atoms with Crippen molar-refractivity contribution in [2.75, 3.05) is 10.6 Å². The predicted molar refractivity (Wildman–Crippen MR) is 65.8 cm³/mol. The van der Waals surface area contributed by atoms with Crippen molar-refractivity contribution >= 4 is 23.5 Å². The van der Waals surface area contributed by atoms with E-state index in [1.807, 2.05) is 0 Å². The molecule has 0 saturated carbocycles. The fourth-order valence-corrected chi connectivity index (χ4v) is 1.89. The zero-order chi connectivity index (χ0) is 13.4. The van der Waals surface area contributed by atoms with Gasteiger partial charge in [-0.1, -0.05) is 5.10 Å². The Morgan fingerprint density at radius 2 is 2.26 bits per heavy atom. The summed E-state index contributed by atoms with van der Waals surface area (Å²) in [5.41, 5.74) is 1.99. The Balaban J connectivity index is 1.81. The molecule has 0 aliphatic carbocycles. The van der Waals surface area contributed by atoms with E-state index >= 15 is 0 Å². The van der Waals surface area contributed by atoms with E-state index in [-0.39, 0.29) is 24.2 Å². The van der Waals surface area contributed by atoms with Crippen LogP contribution in [0.4, 0.5) is 11.7 Å². The van der Waals surface area contributed by atoms with Crippen LogP contribution in [0.1, 0.15) is 21.8 Å². The van der Waals surface area contributed by atoms with Crippen LogP contribution in [0, 0.1) is 6.92 Å². The minimum absolute atomic E-state index is 0.0530. The van der Waals surface area contributed by atoms with Crippen molar-refractivity contribution in [3.63, 3.8) is 0 Å². The van der Waals surface area contributed by atoms with Gasteiger partial charge >= 0.3 is 6.01 Å². The van der Waals surface area contributed by atoms with Gasteiger partial charge in [-0.3, -0.25) is 14.9 Å². The Morgan fingerprint density at radius 1 is 1.42 bits per heavy atom. The Bertz CT molecular complexity index is 677. The van der Waals surface area contributed by atoms with Crippen LogP contribution in [-0.4, -0.2) is 22.0 Å². The second-order valence-electron chi connectivity index (χ2n) is 4.18. The molecule has 7 heteroatoms. The molecule has 1 aliphatic heterocycles. The molecule has 3 rings (SSSR count). The standard InChI is InChI=1S/C12H10N4O3/c1-6-15-16-12(19-6)14-11(18)7-2-3-9-8(4-7)5-10(17)13-9/h2-4H,5H2,1H3,(H,13,17)(H,14,16,18). The highest BCUT2D eigenvalue weighted by molar-refractivity contribution is 6.05. The number of nitrogens with one attached hydrogen (secondary N) is 2. The first kappa shape index (κ1) is 11.4. The number of aromatic nitrogens is 2. The minimum Gasteiger partial charge on any atom is -0.408 e. The van der Waals surface area contributed by atoms with Crippen molar-refractivity contribution < 1.29 is 14.0 Å². The number of hydrogen-bond donors (Lipinski definition) is 2. The molecule has 19 heavy (non-hydrogen) atoms. The number of hydrogen-bond acceptors (Lipinski definition) is 5. The van der Waals surface area contributed by atoms with Crippen molar-refractivity contribution in [1.82, 2.24) is 10.2 Å². The van der Waals surface area contributed by atoms with Crippen molar-refractivity contribution in [3.05, 3.63) is 35.2 Å². The van der Waals surface area contributed by atoms with Gasteiger partial charge in [-0.15, -0.1) is 5.10 Å². The third kappa shape index (κ3) is 2.17. The second-order valence-corrected chi connectivity index (χ2v) is 4.18. The van der Waals surface area contributed by atoms with Crippen molar-refractivity contribution in [2.45, 2.75) is 13.3 Å². The first-order valence-electron chi connectivity index (χ1n) is 5.66. The topological polar surface area (TPSA) is 97.1 Å². The summed E-state index contributed by atoms with van der Waals surface area (Å²) in [7, 11) is 0. The number of anilines is 2. The lowest BCUT2D eigenvalue weighted by molar-refractivity contribution is -0.115. The maximum absolute atomic E-state index is 12.0. The lowest BCUT2D eigenvalue weighted by atomic mass is 10.1. The van der Waals surface area contributed by atoms with Crippen LogP contribution < -0.4 is 10.6 Å². The minimum atomic E-state index is -0.356. The molecule has 1 aliphatic rings. The fraction of sp³-hybridized carbons (Fsp3) is 0.167. The molecule has 2 aromatic rings. The molecule has 0 atom stereocenters. The number of fused-ring (bicyclic) bond motifs is 1. The van der Waals surface area contributed by atoms with E-state index in [0.717, 1.165) is 11.3 Å². The number of aryl methyl sites for hydroxylation is 1. The summed E-state index contributed by atoms with van der Waals surface area (Å²) < 4.78 is 5.06. The van der Waals surface area contributed by atoms with Gasteiger partial charge in [0.05, 0.1) is 6.42 Å². The normalized spacial score (nSPS) is 13.0. The maximum atomic E-state index is 12.0. The highest BCUT2D eigenvalue weighted by Crippen LogP contribution is 2.24. The highest BCUT2D eigenvalue weighted by atomic mass is 16.4. The van der Waals surface area contributed by atoms with Crippen LogP contribution in [0.25, 0.3) is 0 Å².